The Morgan fingerprint density at radius 2 is 2.09 bits per heavy atom. The zero-order valence-electron chi connectivity index (χ0n) is 13.4. The molecule has 0 amide bonds. The summed E-state index contributed by atoms with van der Waals surface area (Å²) in [5.41, 5.74) is 1.92. The molecule has 0 bridgehead atoms. The van der Waals surface area contributed by atoms with Gasteiger partial charge < -0.3 is 10.2 Å². The van der Waals surface area contributed by atoms with Gasteiger partial charge in [-0.1, -0.05) is 11.6 Å². The van der Waals surface area contributed by atoms with E-state index in [-0.39, 0.29) is 11.3 Å². The highest BCUT2D eigenvalue weighted by Gasteiger charge is 2.20. The number of fused-ring (bicyclic) bond motifs is 1. The molecule has 0 fully saturated rings. The Balaban J connectivity index is 2.25. The van der Waals surface area contributed by atoms with Gasteiger partial charge in [-0.3, -0.25) is 0 Å². The number of sulfone groups is 1. The Labute approximate surface area is 137 Å². The van der Waals surface area contributed by atoms with Crippen molar-refractivity contribution in [2.75, 3.05) is 23.9 Å². The van der Waals surface area contributed by atoms with Crippen molar-refractivity contribution in [1.82, 2.24) is 9.88 Å². The second kappa shape index (κ2) is 6.08. The lowest BCUT2D eigenvalue weighted by atomic mass is 10.0. The Bertz CT molecular complexity index is 693. The molecule has 1 aromatic rings. The van der Waals surface area contributed by atoms with Gasteiger partial charge in [0.1, 0.15) is 20.8 Å². The SMILES string of the molecule is CC(C)(C)Nc1nc(Cl)cc2c1CN(CCS(C)(=O)=O)C=C2. The number of halogens is 1. The summed E-state index contributed by atoms with van der Waals surface area (Å²) in [7, 11) is -2.97. The minimum Gasteiger partial charge on any atom is -0.372 e. The van der Waals surface area contributed by atoms with Gasteiger partial charge in [-0.25, -0.2) is 13.4 Å². The van der Waals surface area contributed by atoms with Crippen molar-refractivity contribution in [3.05, 3.63) is 28.5 Å². The van der Waals surface area contributed by atoms with E-state index in [4.69, 9.17) is 11.6 Å². The van der Waals surface area contributed by atoms with Crippen molar-refractivity contribution in [3.63, 3.8) is 0 Å². The van der Waals surface area contributed by atoms with Gasteiger partial charge in [-0.15, -0.1) is 0 Å². The topological polar surface area (TPSA) is 62.3 Å². The molecule has 7 heteroatoms. The highest BCUT2D eigenvalue weighted by Crippen LogP contribution is 2.29. The highest BCUT2D eigenvalue weighted by molar-refractivity contribution is 7.90. The third-order valence-electron chi connectivity index (χ3n) is 3.20. The van der Waals surface area contributed by atoms with Crippen LogP contribution in [0.15, 0.2) is 12.3 Å². The van der Waals surface area contributed by atoms with Gasteiger partial charge in [0, 0.05) is 36.6 Å². The average Bonchev–Trinajstić information content (AvgIpc) is 2.33. The van der Waals surface area contributed by atoms with E-state index in [2.05, 4.69) is 31.1 Å². The maximum Gasteiger partial charge on any atom is 0.149 e. The van der Waals surface area contributed by atoms with Gasteiger partial charge in [-0.2, -0.15) is 0 Å². The molecule has 0 aliphatic carbocycles. The fourth-order valence-electron chi connectivity index (χ4n) is 2.21. The lowest BCUT2D eigenvalue weighted by molar-refractivity contribution is 0.387. The number of anilines is 1. The normalized spacial score (nSPS) is 14.9. The molecule has 0 saturated heterocycles. The van der Waals surface area contributed by atoms with Crippen LogP contribution in [0.25, 0.3) is 6.08 Å². The van der Waals surface area contributed by atoms with Gasteiger partial charge in [-0.05, 0) is 38.5 Å². The van der Waals surface area contributed by atoms with Crippen molar-refractivity contribution in [2.45, 2.75) is 32.9 Å². The molecule has 0 atom stereocenters. The fraction of sp³-hybridized carbons (Fsp3) is 0.533. The Morgan fingerprint density at radius 3 is 2.68 bits per heavy atom. The van der Waals surface area contributed by atoms with Gasteiger partial charge in [0.25, 0.3) is 0 Å². The van der Waals surface area contributed by atoms with Gasteiger partial charge in [0.2, 0.25) is 0 Å². The Morgan fingerprint density at radius 1 is 1.41 bits per heavy atom. The second-order valence-electron chi connectivity index (χ2n) is 6.65. The first kappa shape index (κ1) is 17.1. The summed E-state index contributed by atoms with van der Waals surface area (Å²) < 4.78 is 22.7. The van der Waals surface area contributed by atoms with Crippen molar-refractivity contribution in [1.29, 1.82) is 0 Å². The van der Waals surface area contributed by atoms with Gasteiger partial charge in [0.15, 0.2) is 0 Å². The summed E-state index contributed by atoms with van der Waals surface area (Å²) in [4.78, 5) is 6.37. The zero-order chi connectivity index (χ0) is 16.5. The van der Waals surface area contributed by atoms with E-state index < -0.39 is 9.84 Å². The molecule has 1 aliphatic heterocycles. The summed E-state index contributed by atoms with van der Waals surface area (Å²) in [6.45, 7) is 7.25. The Kier molecular flexibility index (Phi) is 4.73. The van der Waals surface area contributed by atoms with Crippen LogP contribution in [0, 0.1) is 0 Å². The van der Waals surface area contributed by atoms with E-state index in [1.165, 1.54) is 6.26 Å². The van der Waals surface area contributed by atoms with Crippen LogP contribution in [0.5, 0.6) is 0 Å². The van der Waals surface area contributed by atoms with E-state index in [9.17, 15) is 8.42 Å². The summed E-state index contributed by atoms with van der Waals surface area (Å²) in [5, 5.41) is 3.81. The number of nitrogens with one attached hydrogen (secondary N) is 1. The van der Waals surface area contributed by atoms with Crippen LogP contribution in [-0.4, -0.2) is 42.4 Å². The maximum absolute atomic E-state index is 11.3. The van der Waals surface area contributed by atoms with Crippen LogP contribution >= 0.6 is 11.6 Å². The molecule has 122 valence electrons. The summed E-state index contributed by atoms with van der Waals surface area (Å²) >= 11 is 6.09. The molecular formula is C15H22ClN3O2S. The molecule has 0 saturated carbocycles. The minimum atomic E-state index is -2.97. The standard InChI is InChI=1S/C15H22ClN3O2S/c1-15(2,3)18-14-12-10-19(7-8-22(4,20)21)6-5-11(12)9-13(16)17-14/h5-6,9H,7-8,10H2,1-4H3,(H,17,18). The predicted molar refractivity (Wildman–Crippen MR) is 91.8 cm³/mol. The minimum absolute atomic E-state index is 0.135. The van der Waals surface area contributed by atoms with Crippen molar-refractivity contribution in [3.8, 4) is 0 Å². The second-order valence-corrected chi connectivity index (χ2v) is 9.30. The summed E-state index contributed by atoms with van der Waals surface area (Å²) in [6.07, 6.45) is 5.11. The first-order chi connectivity index (χ1) is 10.0. The molecule has 1 N–H and O–H groups in total. The number of hydrogen-bond acceptors (Lipinski definition) is 5. The number of nitrogens with zero attached hydrogens (tertiary/aromatic N) is 2. The van der Waals surface area contributed by atoms with E-state index in [0.29, 0.717) is 18.2 Å². The van der Waals surface area contributed by atoms with Crippen molar-refractivity contribution in [2.24, 2.45) is 0 Å². The molecular weight excluding hydrogens is 322 g/mol. The number of rotatable bonds is 4. The fourth-order valence-corrected chi connectivity index (χ4v) is 2.98. The van der Waals surface area contributed by atoms with E-state index >= 15 is 0 Å². The number of hydrogen-bond donors (Lipinski definition) is 1. The molecule has 0 aromatic carbocycles. The lowest BCUT2D eigenvalue weighted by Gasteiger charge is -2.29. The number of aromatic nitrogens is 1. The first-order valence-electron chi connectivity index (χ1n) is 7.11. The van der Waals surface area contributed by atoms with E-state index in [0.717, 1.165) is 16.9 Å². The average molecular weight is 344 g/mol. The molecule has 5 nitrogen and oxygen atoms in total. The summed E-state index contributed by atoms with van der Waals surface area (Å²) in [5.74, 6) is 0.888. The Hall–Kier alpha value is -1.27. The zero-order valence-corrected chi connectivity index (χ0v) is 14.9. The van der Waals surface area contributed by atoms with Crippen LogP contribution < -0.4 is 5.32 Å². The predicted octanol–water partition coefficient (Wildman–Crippen LogP) is 2.78. The first-order valence-corrected chi connectivity index (χ1v) is 9.55. The lowest BCUT2D eigenvalue weighted by Crippen LogP contribution is -2.30. The molecule has 0 spiro atoms. The van der Waals surface area contributed by atoms with Crippen LogP contribution in [0.3, 0.4) is 0 Å². The largest absolute Gasteiger partial charge is 0.372 e. The highest BCUT2D eigenvalue weighted by atomic mass is 35.5. The maximum atomic E-state index is 11.3. The molecule has 22 heavy (non-hydrogen) atoms. The monoisotopic (exact) mass is 343 g/mol. The molecule has 0 radical (unpaired) electrons. The van der Waals surface area contributed by atoms with Crippen LogP contribution in [-0.2, 0) is 16.4 Å². The third-order valence-corrected chi connectivity index (χ3v) is 4.31. The quantitative estimate of drug-likeness (QED) is 0.852. The summed E-state index contributed by atoms with van der Waals surface area (Å²) in [6, 6.07) is 1.83. The van der Waals surface area contributed by atoms with Gasteiger partial charge >= 0.3 is 0 Å². The van der Waals surface area contributed by atoms with Gasteiger partial charge in [0.05, 0.1) is 5.75 Å². The van der Waals surface area contributed by atoms with Crippen LogP contribution in [0.1, 0.15) is 31.9 Å². The van der Waals surface area contributed by atoms with E-state index in [1.54, 1.807) is 0 Å². The molecule has 1 aromatic heterocycles. The van der Waals surface area contributed by atoms with Crippen LogP contribution in [0.4, 0.5) is 5.82 Å². The van der Waals surface area contributed by atoms with Crippen molar-refractivity contribution < 1.29 is 8.42 Å². The molecule has 2 rings (SSSR count). The molecule has 2 heterocycles. The molecule has 1 aliphatic rings. The third kappa shape index (κ3) is 4.88. The number of pyridine rings is 1. The van der Waals surface area contributed by atoms with Crippen molar-refractivity contribution >= 4 is 33.3 Å². The van der Waals surface area contributed by atoms with E-state index in [1.807, 2.05) is 23.2 Å². The van der Waals surface area contributed by atoms with Crippen LogP contribution in [0.2, 0.25) is 5.15 Å². The molecule has 0 unspecified atom stereocenters. The smallest absolute Gasteiger partial charge is 0.149 e.